The van der Waals surface area contributed by atoms with Crippen LogP contribution in [0.2, 0.25) is 0 Å². The second-order valence-electron chi connectivity index (χ2n) is 5.93. The number of nitrogens with one attached hydrogen (secondary N) is 1. The monoisotopic (exact) mass is 336 g/mol. The fourth-order valence-corrected chi connectivity index (χ4v) is 2.52. The van der Waals surface area contributed by atoms with Gasteiger partial charge < -0.3 is 20.2 Å². The molecule has 1 atom stereocenters. The molecule has 7 heteroatoms. The Morgan fingerprint density at radius 1 is 1.50 bits per heavy atom. The van der Waals surface area contributed by atoms with Gasteiger partial charge in [-0.25, -0.2) is 4.79 Å². The van der Waals surface area contributed by atoms with E-state index in [0.717, 1.165) is 32.6 Å². The van der Waals surface area contributed by atoms with Crippen molar-refractivity contribution >= 4 is 12.5 Å². The highest BCUT2D eigenvalue weighted by atomic mass is 16.3. The number of hydrogen-bond donors (Lipinski definition) is 2. The molecule has 2 amide bonds. The van der Waals surface area contributed by atoms with Gasteiger partial charge in [0.05, 0.1) is 0 Å². The average molecular weight is 336 g/mol. The Morgan fingerprint density at radius 3 is 2.62 bits per heavy atom. The third kappa shape index (κ3) is 6.16. The van der Waals surface area contributed by atoms with Crippen LogP contribution in [0.1, 0.15) is 31.7 Å². The van der Waals surface area contributed by atoms with E-state index in [-0.39, 0.29) is 12.5 Å². The lowest BCUT2D eigenvalue weighted by atomic mass is 9.93. The molecule has 1 fully saturated rings. The van der Waals surface area contributed by atoms with Gasteiger partial charge in [-0.1, -0.05) is 6.92 Å². The number of likely N-dealkylation sites (tertiary alicyclic amines) is 1. The van der Waals surface area contributed by atoms with Crippen molar-refractivity contribution in [2.24, 2.45) is 0 Å². The maximum absolute atomic E-state index is 12.0. The molecule has 24 heavy (non-hydrogen) atoms. The summed E-state index contributed by atoms with van der Waals surface area (Å²) < 4.78 is 0. The Hall–Kier alpha value is -2.15. The fourth-order valence-electron chi connectivity index (χ4n) is 2.52. The topological polar surface area (TPSA) is 85.8 Å². The predicted molar refractivity (Wildman–Crippen MR) is 93.0 cm³/mol. The molecule has 0 spiro atoms. The average Bonchev–Trinajstić information content (AvgIpc) is 2.54. The van der Waals surface area contributed by atoms with E-state index in [0.29, 0.717) is 12.0 Å². The zero-order valence-electron chi connectivity index (χ0n) is 14.7. The molecule has 0 radical (unpaired) electrons. The standard InChI is InChI=1S/C16H26N4O.CH2O2/c1-4-19(3)13(2)5-10-18-16(21)20-11-15(12-20)14-6-8-17-9-7-14;2-1-3/h6-9,13,15H,4-5,10-12H2,1-3H3,(H,18,21);1H,(H,2,3). The van der Waals surface area contributed by atoms with Crippen LogP contribution in [-0.2, 0) is 4.79 Å². The van der Waals surface area contributed by atoms with Crippen molar-refractivity contribution in [1.82, 2.24) is 20.1 Å². The molecule has 2 heterocycles. The van der Waals surface area contributed by atoms with Crippen LogP contribution in [0.4, 0.5) is 4.79 Å². The predicted octanol–water partition coefficient (Wildman–Crippen LogP) is 1.62. The van der Waals surface area contributed by atoms with Gasteiger partial charge in [0.15, 0.2) is 0 Å². The van der Waals surface area contributed by atoms with Gasteiger partial charge in [-0.2, -0.15) is 0 Å². The van der Waals surface area contributed by atoms with E-state index in [2.05, 4.69) is 36.1 Å². The van der Waals surface area contributed by atoms with E-state index >= 15 is 0 Å². The van der Waals surface area contributed by atoms with Gasteiger partial charge in [-0.05, 0) is 44.6 Å². The maximum Gasteiger partial charge on any atom is 0.317 e. The highest BCUT2D eigenvalue weighted by Gasteiger charge is 2.31. The summed E-state index contributed by atoms with van der Waals surface area (Å²) in [6.07, 6.45) is 4.60. The van der Waals surface area contributed by atoms with Crippen molar-refractivity contribution in [1.29, 1.82) is 0 Å². The van der Waals surface area contributed by atoms with Crippen LogP contribution in [0, 0.1) is 0 Å². The van der Waals surface area contributed by atoms with Crippen LogP contribution >= 0.6 is 0 Å². The summed E-state index contributed by atoms with van der Waals surface area (Å²) in [5.41, 5.74) is 1.27. The van der Waals surface area contributed by atoms with Crippen molar-refractivity contribution in [2.45, 2.75) is 32.2 Å². The lowest BCUT2D eigenvalue weighted by Crippen LogP contribution is -2.52. The van der Waals surface area contributed by atoms with Crippen LogP contribution in [0.5, 0.6) is 0 Å². The summed E-state index contributed by atoms with van der Waals surface area (Å²) in [6, 6.07) is 4.62. The first kappa shape index (κ1) is 19.9. The highest BCUT2D eigenvalue weighted by molar-refractivity contribution is 5.75. The SMILES string of the molecule is CCN(C)C(C)CCNC(=O)N1CC(c2ccncc2)C1.O=CO. The first-order chi connectivity index (χ1) is 11.5. The number of carbonyl (C=O) groups excluding carboxylic acids is 1. The summed E-state index contributed by atoms with van der Waals surface area (Å²) in [6.45, 7) is 7.48. The molecule has 1 aliphatic heterocycles. The minimum atomic E-state index is -0.250. The van der Waals surface area contributed by atoms with E-state index in [1.165, 1.54) is 5.56 Å². The first-order valence-electron chi connectivity index (χ1n) is 8.24. The Kier molecular flexibility index (Phi) is 8.78. The van der Waals surface area contributed by atoms with Crippen molar-refractivity contribution in [3.63, 3.8) is 0 Å². The number of urea groups is 1. The molecule has 1 aromatic rings. The lowest BCUT2D eigenvalue weighted by molar-refractivity contribution is -0.122. The zero-order chi connectivity index (χ0) is 17.9. The number of carbonyl (C=O) groups is 2. The van der Waals surface area contributed by atoms with E-state index in [4.69, 9.17) is 9.90 Å². The number of hydrogen-bond acceptors (Lipinski definition) is 4. The summed E-state index contributed by atoms with van der Waals surface area (Å²) in [4.78, 5) is 28.6. The van der Waals surface area contributed by atoms with Crippen molar-refractivity contribution in [3.8, 4) is 0 Å². The van der Waals surface area contributed by atoms with Gasteiger partial charge in [0.25, 0.3) is 6.47 Å². The second kappa shape index (κ2) is 10.6. The fraction of sp³-hybridized carbons (Fsp3) is 0.588. The summed E-state index contributed by atoms with van der Waals surface area (Å²) in [5, 5.41) is 9.90. The van der Waals surface area contributed by atoms with Gasteiger partial charge in [0, 0.05) is 44.0 Å². The van der Waals surface area contributed by atoms with Crippen LogP contribution in [-0.4, -0.2) is 71.7 Å². The van der Waals surface area contributed by atoms with Crippen LogP contribution < -0.4 is 5.32 Å². The van der Waals surface area contributed by atoms with E-state index in [1.54, 1.807) is 0 Å². The Bertz CT molecular complexity index is 492. The summed E-state index contributed by atoms with van der Waals surface area (Å²) in [5.74, 6) is 0.462. The minimum absolute atomic E-state index is 0.0617. The zero-order valence-corrected chi connectivity index (χ0v) is 14.7. The van der Waals surface area contributed by atoms with Crippen LogP contribution in [0.25, 0.3) is 0 Å². The van der Waals surface area contributed by atoms with E-state index < -0.39 is 0 Å². The molecule has 134 valence electrons. The molecule has 2 N–H and O–H groups in total. The first-order valence-corrected chi connectivity index (χ1v) is 8.24. The molecule has 1 aliphatic rings. The van der Waals surface area contributed by atoms with Gasteiger partial charge in [0.2, 0.25) is 0 Å². The number of aromatic nitrogens is 1. The smallest absolute Gasteiger partial charge is 0.317 e. The maximum atomic E-state index is 12.0. The van der Waals surface area contributed by atoms with Crippen LogP contribution in [0.3, 0.4) is 0 Å². The summed E-state index contributed by atoms with van der Waals surface area (Å²) >= 11 is 0. The van der Waals surface area contributed by atoms with Crippen molar-refractivity contribution < 1.29 is 14.7 Å². The third-order valence-electron chi connectivity index (χ3n) is 4.44. The lowest BCUT2D eigenvalue weighted by Gasteiger charge is -2.39. The highest BCUT2D eigenvalue weighted by Crippen LogP contribution is 2.26. The van der Waals surface area contributed by atoms with Gasteiger partial charge in [-0.3, -0.25) is 9.78 Å². The minimum Gasteiger partial charge on any atom is -0.483 e. The Labute approximate surface area is 143 Å². The Morgan fingerprint density at radius 2 is 2.08 bits per heavy atom. The van der Waals surface area contributed by atoms with Crippen LogP contribution in [0.15, 0.2) is 24.5 Å². The molecule has 2 rings (SSSR count). The molecule has 0 bridgehead atoms. The molecule has 0 aromatic carbocycles. The molecule has 7 nitrogen and oxygen atoms in total. The third-order valence-corrected chi connectivity index (χ3v) is 4.44. The number of carboxylic acid groups (broad SMARTS) is 1. The van der Waals surface area contributed by atoms with Crippen molar-refractivity contribution in [2.75, 3.05) is 33.2 Å². The second-order valence-corrected chi connectivity index (χ2v) is 5.93. The van der Waals surface area contributed by atoms with Gasteiger partial charge in [-0.15, -0.1) is 0 Å². The quantitative estimate of drug-likeness (QED) is 0.771. The molecule has 0 saturated carbocycles. The molecule has 1 aromatic heterocycles. The Balaban J connectivity index is 0.000000891. The molecular formula is C17H28N4O3. The molecule has 1 unspecified atom stereocenters. The van der Waals surface area contributed by atoms with Gasteiger partial charge in [0.1, 0.15) is 0 Å². The number of rotatable bonds is 6. The van der Waals surface area contributed by atoms with Crippen molar-refractivity contribution in [3.05, 3.63) is 30.1 Å². The van der Waals surface area contributed by atoms with E-state index in [9.17, 15) is 4.79 Å². The summed E-state index contributed by atoms with van der Waals surface area (Å²) in [7, 11) is 2.11. The number of amides is 2. The number of pyridine rings is 1. The number of nitrogens with zero attached hydrogens (tertiary/aromatic N) is 3. The largest absolute Gasteiger partial charge is 0.483 e. The normalized spacial score (nSPS) is 15.1. The van der Waals surface area contributed by atoms with E-state index in [1.807, 2.05) is 29.4 Å². The molecule has 0 aliphatic carbocycles. The molecular weight excluding hydrogens is 308 g/mol. The van der Waals surface area contributed by atoms with Gasteiger partial charge >= 0.3 is 6.03 Å². The molecule has 1 saturated heterocycles.